The Kier molecular flexibility index (Phi) is 0.984. The molecule has 1 aromatic rings. The molecule has 1 heteroatoms. The topological polar surface area (TPSA) is 15.8 Å². The number of rotatable bonds is 1. The van der Waals surface area contributed by atoms with Gasteiger partial charge in [-0.2, -0.15) is 0 Å². The van der Waals surface area contributed by atoms with Crippen molar-refractivity contribution in [1.29, 1.82) is 0 Å². The van der Waals surface area contributed by atoms with E-state index in [-0.39, 0.29) is 1.43 Å². The zero-order chi connectivity index (χ0) is 5.11. The van der Waals surface area contributed by atoms with Crippen LogP contribution in [0, 0.1) is 0 Å². The Bertz CT molecular complexity index is 144. The second-order valence-electron chi connectivity index (χ2n) is 1.33. The molecule has 0 aliphatic heterocycles. The summed E-state index contributed by atoms with van der Waals surface area (Å²) in [6.07, 6.45) is 3.65. The molecule has 0 aromatic carbocycles. The molecule has 0 fully saturated rings. The van der Waals surface area contributed by atoms with Crippen molar-refractivity contribution in [3.63, 3.8) is 0 Å². The van der Waals surface area contributed by atoms with E-state index in [0.717, 1.165) is 5.69 Å². The smallest absolute Gasteiger partial charge is 0.0374 e. The van der Waals surface area contributed by atoms with Crippen molar-refractivity contribution in [3.05, 3.63) is 30.6 Å². The molecular formula is C6H9N. The summed E-state index contributed by atoms with van der Waals surface area (Å²) in [4.78, 5) is 2.97. The SMILES string of the molecule is C=Cc1ccc[nH]1.[HH]. The van der Waals surface area contributed by atoms with Gasteiger partial charge in [0.1, 0.15) is 0 Å². The standard InChI is InChI=1S/C6H7N.H2/c1-2-6-4-3-5-7-6;/h2-5,7H,1H2;1H. The van der Waals surface area contributed by atoms with Gasteiger partial charge < -0.3 is 4.98 Å². The van der Waals surface area contributed by atoms with Crippen molar-refractivity contribution >= 4 is 6.08 Å². The van der Waals surface area contributed by atoms with Crippen molar-refractivity contribution in [2.45, 2.75) is 0 Å². The Hall–Kier alpha value is -0.980. The summed E-state index contributed by atoms with van der Waals surface area (Å²) in [6, 6.07) is 3.91. The van der Waals surface area contributed by atoms with Crippen LogP contribution in [0.4, 0.5) is 0 Å². The number of H-pyrrole nitrogens is 1. The van der Waals surface area contributed by atoms with Crippen molar-refractivity contribution in [2.75, 3.05) is 0 Å². The normalized spacial score (nSPS) is 8.57. The van der Waals surface area contributed by atoms with Gasteiger partial charge in [0.05, 0.1) is 0 Å². The van der Waals surface area contributed by atoms with Crippen molar-refractivity contribution in [3.8, 4) is 0 Å². The summed E-state index contributed by atoms with van der Waals surface area (Å²) in [5.74, 6) is 0. The fourth-order valence-electron chi connectivity index (χ4n) is 0.471. The minimum absolute atomic E-state index is 0. The predicted octanol–water partition coefficient (Wildman–Crippen LogP) is 1.90. The highest BCUT2D eigenvalue weighted by Crippen LogP contribution is 1.92. The molecule has 1 nitrogen and oxygen atoms in total. The van der Waals surface area contributed by atoms with Gasteiger partial charge in [0.15, 0.2) is 0 Å². The number of hydrogen-bond acceptors (Lipinski definition) is 0. The van der Waals surface area contributed by atoms with Crippen LogP contribution < -0.4 is 0 Å². The van der Waals surface area contributed by atoms with E-state index in [0.29, 0.717) is 0 Å². The number of nitrogens with one attached hydrogen (secondary N) is 1. The Morgan fingerprint density at radius 1 is 1.86 bits per heavy atom. The third kappa shape index (κ3) is 0.712. The molecule has 0 radical (unpaired) electrons. The molecule has 1 aromatic heterocycles. The first-order valence-electron chi connectivity index (χ1n) is 2.19. The molecule has 0 spiro atoms. The second-order valence-corrected chi connectivity index (χ2v) is 1.33. The average molecular weight is 95.1 g/mol. The summed E-state index contributed by atoms with van der Waals surface area (Å²) >= 11 is 0. The number of hydrogen-bond donors (Lipinski definition) is 1. The first-order chi connectivity index (χ1) is 3.43. The van der Waals surface area contributed by atoms with Crippen LogP contribution in [-0.2, 0) is 0 Å². The quantitative estimate of drug-likeness (QED) is 0.548. The zero-order valence-corrected chi connectivity index (χ0v) is 4.02. The van der Waals surface area contributed by atoms with Gasteiger partial charge in [-0.25, -0.2) is 0 Å². The lowest BCUT2D eigenvalue weighted by Crippen LogP contribution is -1.61. The molecule has 0 bridgehead atoms. The van der Waals surface area contributed by atoms with E-state index >= 15 is 0 Å². The average Bonchev–Trinajstić information content (AvgIpc) is 2.14. The maximum atomic E-state index is 3.57. The molecule has 0 aliphatic rings. The molecule has 7 heavy (non-hydrogen) atoms. The van der Waals surface area contributed by atoms with Crippen molar-refractivity contribution < 1.29 is 1.43 Å². The molecule has 0 amide bonds. The zero-order valence-electron chi connectivity index (χ0n) is 4.02. The minimum Gasteiger partial charge on any atom is -0.362 e. The molecular weight excluding hydrogens is 86.1 g/mol. The van der Waals surface area contributed by atoms with Crippen molar-refractivity contribution in [1.82, 2.24) is 4.98 Å². The molecule has 0 atom stereocenters. The Morgan fingerprint density at radius 3 is 3.00 bits per heavy atom. The highest BCUT2D eigenvalue weighted by atomic mass is 14.7. The first-order valence-corrected chi connectivity index (χ1v) is 2.19. The summed E-state index contributed by atoms with van der Waals surface area (Å²) in [6.45, 7) is 3.57. The molecule has 38 valence electrons. The maximum absolute atomic E-state index is 3.57. The summed E-state index contributed by atoms with van der Waals surface area (Å²) in [5.41, 5.74) is 1.07. The number of aromatic nitrogens is 1. The fourth-order valence-corrected chi connectivity index (χ4v) is 0.471. The van der Waals surface area contributed by atoms with E-state index in [2.05, 4.69) is 11.6 Å². The Balaban J connectivity index is 0.000000490. The maximum Gasteiger partial charge on any atom is 0.0374 e. The van der Waals surface area contributed by atoms with Crippen LogP contribution in [-0.4, -0.2) is 4.98 Å². The third-order valence-corrected chi connectivity index (χ3v) is 0.842. The Morgan fingerprint density at radius 2 is 2.71 bits per heavy atom. The van der Waals surface area contributed by atoms with Crippen LogP contribution in [0.1, 0.15) is 7.12 Å². The van der Waals surface area contributed by atoms with Gasteiger partial charge in [0.2, 0.25) is 0 Å². The lowest BCUT2D eigenvalue weighted by atomic mass is 10.4. The summed E-state index contributed by atoms with van der Waals surface area (Å²) in [7, 11) is 0. The van der Waals surface area contributed by atoms with Crippen LogP contribution in [0.2, 0.25) is 0 Å². The molecule has 0 saturated carbocycles. The summed E-state index contributed by atoms with van der Waals surface area (Å²) < 4.78 is 0. The van der Waals surface area contributed by atoms with Gasteiger partial charge in [0.25, 0.3) is 0 Å². The van der Waals surface area contributed by atoms with Gasteiger partial charge in [-0.1, -0.05) is 6.58 Å². The minimum atomic E-state index is 0. The van der Waals surface area contributed by atoms with E-state index in [4.69, 9.17) is 0 Å². The highest BCUT2D eigenvalue weighted by molar-refractivity contribution is 5.40. The second kappa shape index (κ2) is 1.65. The van der Waals surface area contributed by atoms with Crippen LogP contribution in [0.15, 0.2) is 24.9 Å². The molecule has 0 unspecified atom stereocenters. The van der Waals surface area contributed by atoms with Crippen LogP contribution in [0.3, 0.4) is 0 Å². The van der Waals surface area contributed by atoms with E-state index < -0.39 is 0 Å². The molecule has 0 saturated heterocycles. The van der Waals surface area contributed by atoms with E-state index in [1.807, 2.05) is 18.3 Å². The molecule has 0 aliphatic carbocycles. The summed E-state index contributed by atoms with van der Waals surface area (Å²) in [5, 5.41) is 0. The van der Waals surface area contributed by atoms with Crippen molar-refractivity contribution in [2.24, 2.45) is 0 Å². The van der Waals surface area contributed by atoms with E-state index in [1.165, 1.54) is 0 Å². The lowest BCUT2D eigenvalue weighted by molar-refractivity contribution is 1.38. The fraction of sp³-hybridized carbons (Fsp3) is 0. The van der Waals surface area contributed by atoms with Gasteiger partial charge in [-0.3, -0.25) is 0 Å². The first kappa shape index (κ1) is 4.19. The largest absolute Gasteiger partial charge is 0.362 e. The van der Waals surface area contributed by atoms with Gasteiger partial charge in [-0.15, -0.1) is 0 Å². The molecule has 1 N–H and O–H groups in total. The van der Waals surface area contributed by atoms with Crippen LogP contribution >= 0.6 is 0 Å². The van der Waals surface area contributed by atoms with E-state index in [1.54, 1.807) is 6.08 Å². The van der Waals surface area contributed by atoms with Gasteiger partial charge in [0, 0.05) is 13.3 Å². The van der Waals surface area contributed by atoms with Crippen LogP contribution in [0.5, 0.6) is 0 Å². The van der Waals surface area contributed by atoms with E-state index in [9.17, 15) is 0 Å². The third-order valence-electron chi connectivity index (χ3n) is 0.842. The van der Waals surface area contributed by atoms with Crippen LogP contribution in [0.25, 0.3) is 6.08 Å². The Labute approximate surface area is 44.2 Å². The predicted molar refractivity (Wildman–Crippen MR) is 33.0 cm³/mol. The lowest BCUT2D eigenvalue weighted by Gasteiger charge is -1.74. The van der Waals surface area contributed by atoms with Gasteiger partial charge in [-0.05, 0) is 18.2 Å². The number of aromatic amines is 1. The highest BCUT2D eigenvalue weighted by Gasteiger charge is 1.76. The molecule has 1 rings (SSSR count). The van der Waals surface area contributed by atoms with Gasteiger partial charge >= 0.3 is 0 Å². The molecule has 1 heterocycles. The monoisotopic (exact) mass is 95.1 g/mol.